The monoisotopic (exact) mass is 800 g/mol. The highest BCUT2D eigenvalue weighted by Crippen LogP contribution is 2.41. The number of piperidine rings is 2. The Hall–Kier alpha value is -6.17. The number of likely N-dealkylation sites (tertiary alicyclic amines) is 2. The van der Waals surface area contributed by atoms with Gasteiger partial charge >= 0.3 is 12.7 Å². The van der Waals surface area contributed by atoms with E-state index in [2.05, 4.69) is 36.4 Å². The van der Waals surface area contributed by atoms with Crippen molar-refractivity contribution in [2.45, 2.75) is 64.0 Å². The van der Waals surface area contributed by atoms with Crippen LogP contribution in [-0.4, -0.2) is 54.9 Å². The van der Waals surface area contributed by atoms with E-state index in [4.69, 9.17) is 25.2 Å². The summed E-state index contributed by atoms with van der Waals surface area (Å²) in [5.41, 5.74) is 20.5. The van der Waals surface area contributed by atoms with E-state index >= 15 is 0 Å². The van der Waals surface area contributed by atoms with Crippen LogP contribution in [0.15, 0.2) is 118 Å². The number of hydrogen-bond acceptors (Lipinski definition) is 8. The number of nitrogens with two attached hydrogens (primary N) is 2. The van der Waals surface area contributed by atoms with Gasteiger partial charge in [0.1, 0.15) is 5.75 Å². The summed E-state index contributed by atoms with van der Waals surface area (Å²) in [6.45, 7) is 5.54. The Morgan fingerprint density at radius 1 is 0.700 bits per heavy atom. The third kappa shape index (κ3) is 7.83. The van der Waals surface area contributed by atoms with Gasteiger partial charge in [0.25, 0.3) is 5.91 Å². The smallest absolute Gasteiger partial charge is 0.519 e. The Morgan fingerprint density at radius 3 is 1.95 bits per heavy atom. The van der Waals surface area contributed by atoms with E-state index in [1.807, 2.05) is 89.5 Å². The maximum Gasteiger partial charge on any atom is 0.632 e. The summed E-state index contributed by atoms with van der Waals surface area (Å²) in [4.78, 5) is 44.6. The topological polar surface area (TPSA) is 141 Å². The fourth-order valence-electron chi connectivity index (χ4n) is 9.17. The van der Waals surface area contributed by atoms with Crippen molar-refractivity contribution in [2.24, 2.45) is 11.5 Å². The van der Waals surface area contributed by atoms with E-state index in [-0.39, 0.29) is 18.2 Å². The molecule has 5 aromatic carbocycles. The van der Waals surface area contributed by atoms with E-state index in [1.165, 1.54) is 11.1 Å². The Labute approximate surface area is 350 Å². The second kappa shape index (κ2) is 16.8. The molecule has 6 aromatic rings. The third-order valence-electron chi connectivity index (χ3n) is 12.7. The highest BCUT2D eigenvalue weighted by atomic mass is 16.6. The molecule has 1 aromatic heterocycles. The van der Waals surface area contributed by atoms with Crippen LogP contribution >= 0.6 is 0 Å². The average molecular weight is 801 g/mol. The van der Waals surface area contributed by atoms with Crippen molar-refractivity contribution in [3.05, 3.63) is 159 Å². The Bertz CT molecular complexity index is 2650. The molecule has 2 fully saturated rings. The molecule has 9 rings (SSSR count). The van der Waals surface area contributed by atoms with Gasteiger partial charge in [0.15, 0.2) is 11.3 Å². The minimum atomic E-state index is -0.783. The zero-order valence-corrected chi connectivity index (χ0v) is 33.9. The molecule has 60 heavy (non-hydrogen) atoms. The van der Waals surface area contributed by atoms with Crippen molar-refractivity contribution >= 4 is 35.4 Å². The van der Waals surface area contributed by atoms with Crippen LogP contribution in [-0.2, 0) is 24.3 Å². The molecule has 4 N–H and O–H groups in total. The van der Waals surface area contributed by atoms with Gasteiger partial charge in [-0.15, -0.1) is 0 Å². The van der Waals surface area contributed by atoms with Crippen molar-refractivity contribution in [3.8, 4) is 22.6 Å². The highest BCUT2D eigenvalue weighted by Gasteiger charge is 2.37. The molecule has 304 valence electrons. The summed E-state index contributed by atoms with van der Waals surface area (Å²) < 4.78 is 18.6. The first-order chi connectivity index (χ1) is 29.3. The van der Waals surface area contributed by atoms with Crippen LogP contribution < -0.4 is 31.9 Å². The summed E-state index contributed by atoms with van der Waals surface area (Å²) in [6.07, 6.45) is 3.51. The summed E-state index contributed by atoms with van der Waals surface area (Å²) in [6, 6.07) is 36.1. The fraction of sp³-hybridized carbons (Fsp3) is 0.286. The van der Waals surface area contributed by atoms with E-state index < -0.39 is 12.7 Å². The van der Waals surface area contributed by atoms with Crippen LogP contribution in [0, 0.1) is 6.92 Å². The first kappa shape index (κ1) is 39.3. The van der Waals surface area contributed by atoms with Gasteiger partial charge in [-0.05, 0) is 108 Å². The molecule has 0 saturated carbocycles. The molecule has 2 amide bonds. The first-order valence-corrected chi connectivity index (χ1v) is 21.0. The second-order valence-electron chi connectivity index (χ2n) is 16.3. The van der Waals surface area contributed by atoms with Gasteiger partial charge in [-0.1, -0.05) is 84.9 Å². The molecule has 0 unspecified atom stereocenters. The molecule has 0 bridgehead atoms. The maximum atomic E-state index is 13.7. The molecule has 2 saturated heterocycles. The molecule has 3 aliphatic rings. The lowest BCUT2D eigenvalue weighted by Gasteiger charge is -2.32. The van der Waals surface area contributed by atoms with Crippen LogP contribution in [0.4, 0.5) is 0 Å². The van der Waals surface area contributed by atoms with Crippen molar-refractivity contribution < 1.29 is 23.3 Å². The number of carbonyl (C=O) groups is 2. The molecule has 0 spiro atoms. The van der Waals surface area contributed by atoms with Crippen LogP contribution in [0.1, 0.15) is 81.3 Å². The molecule has 0 atom stereocenters. The minimum Gasteiger partial charge on any atom is -0.519 e. The van der Waals surface area contributed by atoms with Gasteiger partial charge in [-0.3, -0.25) is 9.59 Å². The van der Waals surface area contributed by atoms with Gasteiger partial charge in [-0.25, -0.2) is 4.79 Å². The largest absolute Gasteiger partial charge is 0.632 e. The SMILES string of the molecule is Cc1c(CC(=O)N2CCC(c3cccc(CN)c3)CC2)c(=O)oc2c3c(ccc12)OB(c1cccc(-c2cccc(C(=O)N4CCC(c5cccc(CN)c5)CC4)c2)c1)O3. The van der Waals surface area contributed by atoms with Crippen LogP contribution in [0.3, 0.4) is 0 Å². The van der Waals surface area contributed by atoms with Gasteiger partial charge in [0.2, 0.25) is 5.91 Å². The third-order valence-corrected chi connectivity index (χ3v) is 12.7. The lowest BCUT2D eigenvalue weighted by molar-refractivity contribution is -0.131. The first-order valence-electron chi connectivity index (χ1n) is 21.0. The Balaban J connectivity index is 0.861. The van der Waals surface area contributed by atoms with Crippen molar-refractivity contribution in [1.82, 2.24) is 9.80 Å². The lowest BCUT2D eigenvalue weighted by Crippen LogP contribution is -2.39. The number of amides is 2. The van der Waals surface area contributed by atoms with Gasteiger partial charge in [-0.2, -0.15) is 0 Å². The van der Waals surface area contributed by atoms with Crippen LogP contribution in [0.2, 0.25) is 0 Å². The summed E-state index contributed by atoms with van der Waals surface area (Å²) in [7, 11) is -0.783. The number of benzene rings is 5. The molecular weight excluding hydrogens is 751 g/mol. The van der Waals surface area contributed by atoms with E-state index in [9.17, 15) is 14.4 Å². The molecule has 4 heterocycles. The molecule has 0 aliphatic carbocycles. The van der Waals surface area contributed by atoms with E-state index in [0.717, 1.165) is 53.4 Å². The summed E-state index contributed by atoms with van der Waals surface area (Å²) in [5.74, 6) is 1.55. The van der Waals surface area contributed by atoms with Crippen molar-refractivity contribution in [2.75, 3.05) is 26.2 Å². The molecule has 3 aliphatic heterocycles. The second-order valence-corrected chi connectivity index (χ2v) is 16.3. The lowest BCUT2D eigenvalue weighted by atomic mass is 9.78. The number of hydrogen-bond donors (Lipinski definition) is 2. The van der Waals surface area contributed by atoms with E-state index in [0.29, 0.717) is 90.3 Å². The van der Waals surface area contributed by atoms with Crippen molar-refractivity contribution in [3.63, 3.8) is 0 Å². The number of carbonyl (C=O) groups excluding carboxylic acids is 2. The average Bonchev–Trinajstić information content (AvgIpc) is 3.76. The number of rotatable bonds is 9. The van der Waals surface area contributed by atoms with Crippen molar-refractivity contribution in [1.29, 1.82) is 0 Å². The molecule has 11 heteroatoms. The van der Waals surface area contributed by atoms with Gasteiger partial charge in [0, 0.05) is 55.7 Å². The number of fused-ring (bicyclic) bond motifs is 3. The zero-order valence-electron chi connectivity index (χ0n) is 33.9. The fourth-order valence-corrected chi connectivity index (χ4v) is 9.17. The molecule has 10 nitrogen and oxygen atoms in total. The van der Waals surface area contributed by atoms with Gasteiger partial charge < -0.3 is 35.0 Å². The minimum absolute atomic E-state index is 0.0293. The number of aryl methyl sites for hydroxylation is 1. The quantitative estimate of drug-likeness (QED) is 0.120. The summed E-state index contributed by atoms with van der Waals surface area (Å²) in [5, 5.41) is 0.694. The van der Waals surface area contributed by atoms with Crippen LogP contribution in [0.25, 0.3) is 22.1 Å². The standard InChI is InChI=1S/C49H49BN4O6/c1-31-42-14-15-44-47(46(42)58-49(57)43(31)28-45(55)53-20-16-34(17-21-53)36-8-2-6-32(24-36)29-51)60-50(59-44)41-13-5-11-39(27-41)38-10-4-12-40(26-38)48(56)54-22-18-35(19-23-54)37-9-3-7-33(25-37)30-52/h2-15,24-27,34-35H,16-23,28-30,51-52H2,1H3. The Morgan fingerprint density at radius 2 is 1.30 bits per heavy atom. The number of nitrogens with zero attached hydrogens (tertiary/aromatic N) is 2. The normalized spacial score (nSPS) is 15.8. The van der Waals surface area contributed by atoms with Crippen LogP contribution in [0.5, 0.6) is 11.5 Å². The highest BCUT2D eigenvalue weighted by molar-refractivity contribution is 6.64. The maximum absolute atomic E-state index is 13.7. The zero-order chi connectivity index (χ0) is 41.3. The summed E-state index contributed by atoms with van der Waals surface area (Å²) >= 11 is 0. The Kier molecular flexibility index (Phi) is 11.0. The van der Waals surface area contributed by atoms with Gasteiger partial charge in [0.05, 0.1) is 12.0 Å². The molecular formula is C49H49BN4O6. The predicted molar refractivity (Wildman–Crippen MR) is 235 cm³/mol. The van der Waals surface area contributed by atoms with E-state index in [1.54, 1.807) is 0 Å². The molecule has 0 radical (unpaired) electrons. The predicted octanol–water partition coefficient (Wildman–Crippen LogP) is 6.82.